The number of nitrogens with zero attached hydrogens (tertiary/aromatic N) is 5. The van der Waals surface area contributed by atoms with Crippen LogP contribution in [0.3, 0.4) is 0 Å². The van der Waals surface area contributed by atoms with Crippen molar-refractivity contribution in [2.75, 3.05) is 19.6 Å². The summed E-state index contributed by atoms with van der Waals surface area (Å²) in [6.45, 7) is 4.57. The number of imide groups is 1. The molecular weight excluding hydrogens is 418 g/mol. The zero-order valence-electron chi connectivity index (χ0n) is 19.3. The van der Waals surface area contributed by atoms with Crippen molar-refractivity contribution < 1.29 is 14.4 Å². The highest BCUT2D eigenvalue weighted by Crippen LogP contribution is 2.29. The van der Waals surface area contributed by atoms with Gasteiger partial charge in [-0.15, -0.1) is 10.2 Å². The molecule has 8 nitrogen and oxygen atoms in total. The lowest BCUT2D eigenvalue weighted by Gasteiger charge is -2.32. The molecule has 1 saturated heterocycles. The van der Waals surface area contributed by atoms with E-state index < -0.39 is 0 Å². The second-order valence-electron chi connectivity index (χ2n) is 9.53. The van der Waals surface area contributed by atoms with E-state index in [1.807, 2.05) is 17.9 Å². The molecule has 2 aromatic rings. The van der Waals surface area contributed by atoms with Gasteiger partial charge in [-0.2, -0.15) is 0 Å². The highest BCUT2D eigenvalue weighted by Gasteiger charge is 2.35. The van der Waals surface area contributed by atoms with Crippen LogP contribution >= 0.6 is 0 Å². The lowest BCUT2D eigenvalue weighted by Crippen LogP contribution is -2.40. The molecule has 0 N–H and O–H groups in total. The first-order valence-electron chi connectivity index (χ1n) is 12.2. The number of hydrogen-bond acceptors (Lipinski definition) is 5. The molecule has 1 unspecified atom stereocenters. The van der Waals surface area contributed by atoms with E-state index in [4.69, 9.17) is 0 Å². The Kier molecular flexibility index (Phi) is 6.00. The fourth-order valence-electron chi connectivity index (χ4n) is 5.38. The molecule has 0 aliphatic carbocycles. The van der Waals surface area contributed by atoms with Crippen molar-refractivity contribution in [1.29, 1.82) is 0 Å². The minimum absolute atomic E-state index is 0.0859. The molecule has 0 saturated carbocycles. The minimum atomic E-state index is -0.256. The largest absolute Gasteiger partial charge is 0.342 e. The standard InChI is InChI=1S/C25H31N5O3/c1-17-10-11-19-20(15-17)25(33)30(24(19)32)14-6-9-22(31)28-12-5-7-18(16-28)23-27-26-21-8-3-2-4-13-29(21)23/h10-11,15,18H,2-9,12-14,16H2,1H3. The highest BCUT2D eigenvalue weighted by atomic mass is 16.2. The molecule has 33 heavy (non-hydrogen) atoms. The van der Waals surface area contributed by atoms with Crippen LogP contribution in [-0.4, -0.2) is 61.9 Å². The van der Waals surface area contributed by atoms with Crippen LogP contribution in [0.25, 0.3) is 0 Å². The van der Waals surface area contributed by atoms with Gasteiger partial charge in [-0.3, -0.25) is 19.3 Å². The maximum atomic E-state index is 13.0. The lowest BCUT2D eigenvalue weighted by atomic mass is 9.96. The predicted molar refractivity (Wildman–Crippen MR) is 122 cm³/mol. The SMILES string of the molecule is Cc1ccc2c(c1)C(=O)N(CCCC(=O)N1CCCC(c3nnc4n3CCCCC4)C1)C2=O. The van der Waals surface area contributed by atoms with Gasteiger partial charge in [0.1, 0.15) is 11.6 Å². The molecule has 174 valence electrons. The van der Waals surface area contributed by atoms with Gasteiger partial charge in [0.25, 0.3) is 11.8 Å². The number of carbonyl (C=O) groups excluding carboxylic acids is 3. The number of rotatable bonds is 5. The van der Waals surface area contributed by atoms with E-state index >= 15 is 0 Å². The Morgan fingerprint density at radius 2 is 1.88 bits per heavy atom. The van der Waals surface area contributed by atoms with Crippen molar-refractivity contribution in [3.63, 3.8) is 0 Å². The summed E-state index contributed by atoms with van der Waals surface area (Å²) >= 11 is 0. The Morgan fingerprint density at radius 3 is 2.76 bits per heavy atom. The fourth-order valence-corrected chi connectivity index (χ4v) is 5.38. The molecule has 3 aliphatic heterocycles. The van der Waals surface area contributed by atoms with Crippen LogP contribution < -0.4 is 0 Å². The second kappa shape index (κ2) is 9.08. The summed E-state index contributed by atoms with van der Waals surface area (Å²) in [4.78, 5) is 41.4. The molecule has 0 spiro atoms. The summed E-state index contributed by atoms with van der Waals surface area (Å²) in [6.07, 6.45) is 7.32. The Balaban J connectivity index is 1.17. The van der Waals surface area contributed by atoms with Crippen LogP contribution in [0.2, 0.25) is 0 Å². The molecule has 0 radical (unpaired) electrons. The van der Waals surface area contributed by atoms with Gasteiger partial charge >= 0.3 is 0 Å². The van der Waals surface area contributed by atoms with E-state index in [2.05, 4.69) is 14.8 Å². The first-order chi connectivity index (χ1) is 16.0. The van der Waals surface area contributed by atoms with Gasteiger partial charge in [0, 0.05) is 44.9 Å². The van der Waals surface area contributed by atoms with Gasteiger partial charge in [-0.1, -0.05) is 18.1 Å². The number of amides is 3. The molecule has 3 amide bonds. The third-order valence-electron chi connectivity index (χ3n) is 7.18. The first-order valence-corrected chi connectivity index (χ1v) is 12.2. The quantitative estimate of drug-likeness (QED) is 0.655. The molecule has 0 bridgehead atoms. The molecule has 8 heteroatoms. The van der Waals surface area contributed by atoms with Crippen molar-refractivity contribution in [2.24, 2.45) is 0 Å². The topological polar surface area (TPSA) is 88.4 Å². The second-order valence-corrected chi connectivity index (χ2v) is 9.53. The summed E-state index contributed by atoms with van der Waals surface area (Å²) in [5.41, 5.74) is 1.89. The number of carbonyl (C=O) groups is 3. The lowest BCUT2D eigenvalue weighted by molar-refractivity contribution is -0.132. The molecular formula is C25H31N5O3. The number of benzene rings is 1. The van der Waals surface area contributed by atoms with Gasteiger partial charge < -0.3 is 9.47 Å². The third-order valence-corrected chi connectivity index (χ3v) is 7.18. The van der Waals surface area contributed by atoms with Gasteiger partial charge in [0.15, 0.2) is 0 Å². The van der Waals surface area contributed by atoms with E-state index in [0.717, 1.165) is 56.0 Å². The number of aryl methyl sites for hydroxylation is 2. The van der Waals surface area contributed by atoms with Crippen LogP contribution in [0.15, 0.2) is 18.2 Å². The Labute approximate surface area is 194 Å². The van der Waals surface area contributed by atoms with Crippen molar-refractivity contribution >= 4 is 17.7 Å². The van der Waals surface area contributed by atoms with Gasteiger partial charge in [0.05, 0.1) is 11.1 Å². The van der Waals surface area contributed by atoms with Crippen molar-refractivity contribution in [3.8, 4) is 0 Å². The molecule has 1 aromatic carbocycles. The van der Waals surface area contributed by atoms with Crippen molar-refractivity contribution in [2.45, 2.75) is 70.8 Å². The summed E-state index contributed by atoms with van der Waals surface area (Å²) in [5.74, 6) is 1.92. The highest BCUT2D eigenvalue weighted by molar-refractivity contribution is 6.21. The fraction of sp³-hybridized carbons (Fsp3) is 0.560. The maximum absolute atomic E-state index is 13.0. The smallest absolute Gasteiger partial charge is 0.261 e. The summed E-state index contributed by atoms with van der Waals surface area (Å²) in [6, 6.07) is 5.33. The number of hydrogen-bond donors (Lipinski definition) is 0. The van der Waals surface area contributed by atoms with E-state index in [9.17, 15) is 14.4 Å². The van der Waals surface area contributed by atoms with Crippen LogP contribution in [0, 0.1) is 6.92 Å². The summed E-state index contributed by atoms with van der Waals surface area (Å²) < 4.78 is 2.29. The van der Waals surface area contributed by atoms with Crippen molar-refractivity contribution in [3.05, 3.63) is 46.5 Å². The normalized spacial score (nSPS) is 20.6. The van der Waals surface area contributed by atoms with Crippen LogP contribution in [0.1, 0.15) is 88.8 Å². The van der Waals surface area contributed by atoms with E-state index in [1.165, 1.54) is 17.7 Å². The number of fused-ring (bicyclic) bond motifs is 2. The average Bonchev–Trinajstić information content (AvgIpc) is 3.21. The zero-order valence-corrected chi connectivity index (χ0v) is 19.3. The third kappa shape index (κ3) is 4.18. The van der Waals surface area contributed by atoms with Crippen LogP contribution in [-0.2, 0) is 17.8 Å². The van der Waals surface area contributed by atoms with Gasteiger partial charge in [0.2, 0.25) is 5.91 Å². The maximum Gasteiger partial charge on any atom is 0.261 e. The first kappa shape index (κ1) is 21.8. The number of aromatic nitrogens is 3. The summed E-state index contributed by atoms with van der Waals surface area (Å²) in [7, 11) is 0. The molecule has 1 atom stereocenters. The number of likely N-dealkylation sites (tertiary alicyclic amines) is 1. The van der Waals surface area contributed by atoms with Crippen molar-refractivity contribution in [1.82, 2.24) is 24.6 Å². The average molecular weight is 450 g/mol. The molecule has 4 heterocycles. The van der Waals surface area contributed by atoms with E-state index in [1.54, 1.807) is 12.1 Å². The zero-order chi connectivity index (χ0) is 22.9. The number of piperidine rings is 1. The Hall–Kier alpha value is -3.03. The summed E-state index contributed by atoms with van der Waals surface area (Å²) in [5, 5.41) is 8.94. The van der Waals surface area contributed by atoms with E-state index in [0.29, 0.717) is 30.5 Å². The molecule has 1 fully saturated rings. The molecule has 3 aliphatic rings. The van der Waals surface area contributed by atoms with Gasteiger partial charge in [-0.25, -0.2) is 0 Å². The predicted octanol–water partition coefficient (Wildman–Crippen LogP) is 3.10. The Morgan fingerprint density at radius 1 is 1.03 bits per heavy atom. The van der Waals surface area contributed by atoms with Gasteiger partial charge in [-0.05, 0) is 51.2 Å². The molecule has 5 rings (SSSR count). The van der Waals surface area contributed by atoms with E-state index in [-0.39, 0.29) is 30.2 Å². The van der Waals surface area contributed by atoms with Crippen LogP contribution in [0.4, 0.5) is 0 Å². The Bertz CT molecular complexity index is 1090. The molecule has 1 aromatic heterocycles. The minimum Gasteiger partial charge on any atom is -0.342 e. The monoisotopic (exact) mass is 449 g/mol. The van der Waals surface area contributed by atoms with Crippen LogP contribution in [0.5, 0.6) is 0 Å².